The smallest absolute Gasteiger partial charge is 0.338 e. The van der Waals surface area contributed by atoms with E-state index in [1.165, 1.54) is 37.7 Å². The van der Waals surface area contributed by atoms with Crippen LogP contribution >= 0.6 is 23.2 Å². The van der Waals surface area contributed by atoms with Crippen molar-refractivity contribution in [3.05, 3.63) is 91.0 Å². The summed E-state index contributed by atoms with van der Waals surface area (Å²) in [4.78, 5) is 26.8. The number of benzene rings is 2. The topological polar surface area (TPSA) is 117 Å². The molecule has 9 nitrogen and oxygen atoms in total. The van der Waals surface area contributed by atoms with Crippen LogP contribution in [0.15, 0.2) is 64.1 Å². The van der Waals surface area contributed by atoms with Gasteiger partial charge in [0.25, 0.3) is 5.69 Å². The van der Waals surface area contributed by atoms with Crippen LogP contribution in [0.3, 0.4) is 0 Å². The zero-order valence-electron chi connectivity index (χ0n) is 17.0. The Hall–Kier alpha value is -3.82. The monoisotopic (exact) mass is 487 g/mol. The molecule has 2 heterocycles. The highest BCUT2D eigenvalue weighted by Gasteiger charge is 2.18. The molecule has 0 radical (unpaired) electrons. The van der Waals surface area contributed by atoms with Crippen molar-refractivity contribution in [2.24, 2.45) is 0 Å². The minimum Gasteiger partial charge on any atom is -0.493 e. The Morgan fingerprint density at radius 2 is 1.91 bits per heavy atom. The summed E-state index contributed by atoms with van der Waals surface area (Å²) in [6.45, 7) is -0.0273. The first-order valence-electron chi connectivity index (χ1n) is 9.44. The first-order chi connectivity index (χ1) is 15.9. The van der Waals surface area contributed by atoms with Crippen LogP contribution in [0.1, 0.15) is 5.56 Å². The second kappa shape index (κ2) is 9.35. The highest BCUT2D eigenvalue weighted by atomic mass is 35.5. The Balaban J connectivity index is 1.77. The zero-order valence-corrected chi connectivity index (χ0v) is 18.5. The third kappa shape index (κ3) is 4.69. The van der Waals surface area contributed by atoms with Gasteiger partial charge in [-0.25, -0.2) is 4.79 Å². The molecule has 0 amide bonds. The van der Waals surface area contributed by atoms with Gasteiger partial charge in [0.2, 0.25) is 5.75 Å². The van der Waals surface area contributed by atoms with Gasteiger partial charge in [0.05, 0.1) is 33.5 Å². The second-order valence-corrected chi connectivity index (χ2v) is 7.59. The third-order valence-corrected chi connectivity index (χ3v) is 5.24. The number of nitrogens with zero attached hydrogens (tertiary/aromatic N) is 2. The molecule has 0 atom stereocenters. The third-order valence-electron chi connectivity index (χ3n) is 4.67. The number of non-ortho nitro benzene ring substituents is 1. The Labute approximate surface area is 196 Å². The number of nitro groups is 1. The predicted molar refractivity (Wildman–Crippen MR) is 124 cm³/mol. The highest BCUT2D eigenvalue weighted by Crippen LogP contribution is 2.40. The van der Waals surface area contributed by atoms with Crippen LogP contribution in [0.25, 0.3) is 11.0 Å². The van der Waals surface area contributed by atoms with Crippen LogP contribution in [0.5, 0.6) is 11.5 Å². The highest BCUT2D eigenvalue weighted by molar-refractivity contribution is 6.39. The van der Waals surface area contributed by atoms with Crippen LogP contribution in [0, 0.1) is 10.1 Å². The summed E-state index contributed by atoms with van der Waals surface area (Å²) in [7, 11) is 1.44. The fraction of sp³-hybridized carbons (Fsp3) is 0.0909. The molecular weight excluding hydrogens is 473 g/mol. The van der Waals surface area contributed by atoms with Crippen molar-refractivity contribution in [2.45, 2.75) is 6.61 Å². The van der Waals surface area contributed by atoms with E-state index in [1.54, 1.807) is 24.3 Å². The molecule has 1 N–H and O–H groups in total. The molecule has 0 aliphatic heterocycles. The molecule has 33 heavy (non-hydrogen) atoms. The zero-order chi connectivity index (χ0) is 23.5. The summed E-state index contributed by atoms with van der Waals surface area (Å²) in [6, 6.07) is 10.6. The number of ether oxygens (including phenoxy) is 2. The maximum Gasteiger partial charge on any atom is 0.338 e. The number of anilines is 2. The van der Waals surface area contributed by atoms with E-state index in [4.69, 9.17) is 37.1 Å². The molecule has 0 saturated carbocycles. The summed E-state index contributed by atoms with van der Waals surface area (Å²) >= 11 is 12.4. The Kier molecular flexibility index (Phi) is 6.34. The summed E-state index contributed by atoms with van der Waals surface area (Å²) < 4.78 is 16.7. The van der Waals surface area contributed by atoms with E-state index in [0.717, 1.165) is 0 Å². The van der Waals surface area contributed by atoms with Gasteiger partial charge in [-0.1, -0.05) is 35.3 Å². The minimum atomic E-state index is -0.653. The van der Waals surface area contributed by atoms with Crippen LogP contribution < -0.4 is 20.4 Å². The molecule has 0 bridgehead atoms. The molecule has 0 aliphatic carbocycles. The van der Waals surface area contributed by atoms with Crippen molar-refractivity contribution < 1.29 is 18.8 Å². The van der Waals surface area contributed by atoms with Gasteiger partial charge < -0.3 is 19.2 Å². The molecule has 168 valence electrons. The number of fused-ring (bicyclic) bond motifs is 1. The van der Waals surface area contributed by atoms with E-state index < -0.39 is 10.5 Å². The molecule has 0 saturated heterocycles. The van der Waals surface area contributed by atoms with Crippen molar-refractivity contribution in [2.75, 3.05) is 12.4 Å². The standard InChI is InChI=1S/C22H15Cl2N3O6/c1-31-18-6-5-14-17(26-20-15(23)9-25-10-16(20)24)8-19(28)33-21(14)22(18)32-11-12-3-2-4-13(7-12)27(29)30/h2-10H,11H2,1H3,(H,25,26). The van der Waals surface area contributed by atoms with Gasteiger partial charge in [0, 0.05) is 36.0 Å². The van der Waals surface area contributed by atoms with Gasteiger partial charge in [-0.05, 0) is 17.7 Å². The van der Waals surface area contributed by atoms with Gasteiger partial charge in [0.1, 0.15) is 6.61 Å². The molecule has 4 rings (SSSR count). The van der Waals surface area contributed by atoms with E-state index in [2.05, 4.69) is 10.3 Å². The Morgan fingerprint density at radius 1 is 1.15 bits per heavy atom. The maximum atomic E-state index is 12.4. The van der Waals surface area contributed by atoms with E-state index in [9.17, 15) is 14.9 Å². The van der Waals surface area contributed by atoms with Crippen LogP contribution in [0.4, 0.5) is 17.1 Å². The number of nitro benzene ring substituents is 1. The average molecular weight is 488 g/mol. The van der Waals surface area contributed by atoms with Gasteiger partial charge in [-0.2, -0.15) is 0 Å². The average Bonchev–Trinajstić information content (AvgIpc) is 2.79. The van der Waals surface area contributed by atoms with Gasteiger partial charge in [-0.15, -0.1) is 0 Å². The lowest BCUT2D eigenvalue weighted by Crippen LogP contribution is -2.05. The molecular formula is C22H15Cl2N3O6. The minimum absolute atomic E-state index is 0.0273. The lowest BCUT2D eigenvalue weighted by Gasteiger charge is -2.15. The van der Waals surface area contributed by atoms with Gasteiger partial charge in [0.15, 0.2) is 11.3 Å². The van der Waals surface area contributed by atoms with Crippen LogP contribution in [-0.2, 0) is 6.61 Å². The summed E-state index contributed by atoms with van der Waals surface area (Å²) in [5.74, 6) is 0.474. The molecule has 0 fully saturated rings. The summed E-state index contributed by atoms with van der Waals surface area (Å²) in [6.07, 6.45) is 2.83. The van der Waals surface area contributed by atoms with E-state index >= 15 is 0 Å². The van der Waals surface area contributed by atoms with Crippen molar-refractivity contribution in [3.8, 4) is 11.5 Å². The first-order valence-corrected chi connectivity index (χ1v) is 10.2. The quantitative estimate of drug-likeness (QED) is 0.199. The Morgan fingerprint density at radius 3 is 2.61 bits per heavy atom. The molecule has 0 spiro atoms. The number of pyridine rings is 1. The lowest BCUT2D eigenvalue weighted by molar-refractivity contribution is -0.384. The second-order valence-electron chi connectivity index (χ2n) is 6.77. The van der Waals surface area contributed by atoms with Crippen molar-refractivity contribution in [1.29, 1.82) is 0 Å². The number of hydrogen-bond donors (Lipinski definition) is 1. The van der Waals surface area contributed by atoms with E-state index in [-0.39, 0.29) is 33.7 Å². The summed E-state index contributed by atoms with van der Waals surface area (Å²) in [5.41, 5.74) is 0.699. The van der Waals surface area contributed by atoms with Crippen LogP contribution in [0.2, 0.25) is 10.0 Å². The Bertz CT molecular complexity index is 1400. The van der Waals surface area contributed by atoms with Crippen molar-refractivity contribution in [3.63, 3.8) is 0 Å². The van der Waals surface area contributed by atoms with E-state index in [1.807, 2.05) is 0 Å². The number of nitrogens with one attached hydrogen (secondary N) is 1. The number of aromatic nitrogens is 1. The summed E-state index contributed by atoms with van der Waals surface area (Å²) in [5, 5.41) is 15.1. The fourth-order valence-corrected chi connectivity index (χ4v) is 3.62. The van der Waals surface area contributed by atoms with Crippen LogP contribution in [-0.4, -0.2) is 17.0 Å². The maximum absolute atomic E-state index is 12.4. The molecule has 0 aliphatic rings. The molecule has 11 heteroatoms. The number of halogens is 2. The normalized spacial score (nSPS) is 10.8. The van der Waals surface area contributed by atoms with E-state index in [0.29, 0.717) is 28.1 Å². The number of rotatable bonds is 7. The van der Waals surface area contributed by atoms with Gasteiger partial charge in [-0.3, -0.25) is 15.1 Å². The number of hydrogen-bond acceptors (Lipinski definition) is 8. The number of methoxy groups -OCH3 is 1. The molecule has 2 aromatic heterocycles. The predicted octanol–water partition coefficient (Wildman–Crippen LogP) is 5.73. The molecule has 0 unspecified atom stereocenters. The fourth-order valence-electron chi connectivity index (χ4n) is 3.17. The van der Waals surface area contributed by atoms with Gasteiger partial charge >= 0.3 is 5.63 Å². The SMILES string of the molecule is COc1ccc2c(Nc3c(Cl)cncc3Cl)cc(=O)oc2c1OCc1cccc([N+](=O)[O-])c1. The first kappa shape index (κ1) is 22.4. The van der Waals surface area contributed by atoms with Crippen molar-refractivity contribution in [1.82, 2.24) is 4.98 Å². The lowest BCUT2D eigenvalue weighted by atomic mass is 10.1. The molecule has 2 aromatic carbocycles. The molecule has 4 aromatic rings. The largest absolute Gasteiger partial charge is 0.493 e. The van der Waals surface area contributed by atoms with Crippen molar-refractivity contribution >= 4 is 51.2 Å².